The zero-order valence-electron chi connectivity index (χ0n) is 12.3. The maximum absolute atomic E-state index is 12.7. The minimum Gasteiger partial charge on any atom is -0.463 e. The molecule has 0 saturated carbocycles. The summed E-state index contributed by atoms with van der Waals surface area (Å²) < 4.78 is 5.52. The first kappa shape index (κ1) is 14.1. The van der Waals surface area contributed by atoms with E-state index in [0.29, 0.717) is 25.1 Å². The van der Waals surface area contributed by atoms with E-state index in [2.05, 4.69) is 6.92 Å². The predicted octanol–water partition coefficient (Wildman–Crippen LogP) is 2.98. The van der Waals surface area contributed by atoms with Gasteiger partial charge in [0.05, 0.1) is 11.7 Å². The van der Waals surface area contributed by atoms with Crippen molar-refractivity contribution in [3.63, 3.8) is 0 Å². The van der Waals surface area contributed by atoms with Crippen LogP contribution in [0.15, 0.2) is 28.9 Å². The van der Waals surface area contributed by atoms with Gasteiger partial charge in [-0.3, -0.25) is 4.79 Å². The highest BCUT2D eigenvalue weighted by atomic mass is 16.3. The van der Waals surface area contributed by atoms with Crippen LogP contribution in [-0.4, -0.2) is 35.1 Å². The number of nitrogens with zero attached hydrogens (tertiary/aromatic N) is 1. The largest absolute Gasteiger partial charge is 0.463 e. The topological polar surface area (TPSA) is 53.7 Å². The summed E-state index contributed by atoms with van der Waals surface area (Å²) in [6, 6.07) is 6.00. The highest BCUT2D eigenvalue weighted by Gasteiger charge is 2.23. The highest BCUT2D eigenvalue weighted by molar-refractivity contribution is 6.06. The van der Waals surface area contributed by atoms with Crippen molar-refractivity contribution in [2.75, 3.05) is 13.1 Å². The standard InChI is InChI=1S/C17H21NO3/c1-2-12-5-6-16-14(10-12)15(11-21-16)17(20)18-8-3-4-13(19)7-9-18/h5-6,10-11,13,19H,2-4,7-9H2,1H3/t13-/m0/s1. The van der Waals surface area contributed by atoms with Crippen LogP contribution in [0.2, 0.25) is 0 Å². The molecule has 1 aliphatic heterocycles. The first-order valence-electron chi connectivity index (χ1n) is 7.66. The molecule has 2 heterocycles. The van der Waals surface area contributed by atoms with Gasteiger partial charge in [0.2, 0.25) is 0 Å². The number of hydrogen-bond donors (Lipinski definition) is 1. The van der Waals surface area contributed by atoms with E-state index in [-0.39, 0.29) is 12.0 Å². The summed E-state index contributed by atoms with van der Waals surface area (Å²) in [4.78, 5) is 14.6. The Morgan fingerprint density at radius 2 is 2.24 bits per heavy atom. The summed E-state index contributed by atoms with van der Waals surface area (Å²) >= 11 is 0. The van der Waals surface area contributed by atoms with Crippen molar-refractivity contribution in [3.05, 3.63) is 35.6 Å². The number of likely N-dealkylation sites (tertiary alicyclic amines) is 1. The number of benzene rings is 1. The quantitative estimate of drug-likeness (QED) is 0.924. The minimum absolute atomic E-state index is 0.0103. The lowest BCUT2D eigenvalue weighted by Crippen LogP contribution is -2.32. The monoisotopic (exact) mass is 287 g/mol. The summed E-state index contributed by atoms with van der Waals surface area (Å²) in [7, 11) is 0. The van der Waals surface area contributed by atoms with Gasteiger partial charge in [0.1, 0.15) is 11.8 Å². The summed E-state index contributed by atoms with van der Waals surface area (Å²) in [5.74, 6) is 0.0103. The molecule has 1 atom stereocenters. The normalized spacial score (nSPS) is 19.7. The van der Waals surface area contributed by atoms with E-state index in [9.17, 15) is 9.90 Å². The number of carbonyl (C=O) groups is 1. The Balaban J connectivity index is 1.90. The molecule has 1 N–H and O–H groups in total. The molecular formula is C17H21NO3. The van der Waals surface area contributed by atoms with Crippen molar-refractivity contribution in [2.45, 2.75) is 38.7 Å². The zero-order valence-corrected chi connectivity index (χ0v) is 12.3. The van der Waals surface area contributed by atoms with Gasteiger partial charge in [-0.05, 0) is 43.4 Å². The SMILES string of the molecule is CCc1ccc2occ(C(=O)N3CCC[C@H](O)CC3)c2c1. The van der Waals surface area contributed by atoms with Gasteiger partial charge in [-0.15, -0.1) is 0 Å². The van der Waals surface area contributed by atoms with E-state index >= 15 is 0 Å². The number of hydrogen-bond acceptors (Lipinski definition) is 3. The fraction of sp³-hybridized carbons (Fsp3) is 0.471. The van der Waals surface area contributed by atoms with Gasteiger partial charge >= 0.3 is 0 Å². The molecule has 0 bridgehead atoms. The molecule has 0 spiro atoms. The van der Waals surface area contributed by atoms with Crippen LogP contribution in [0.25, 0.3) is 11.0 Å². The van der Waals surface area contributed by atoms with Crippen molar-refractivity contribution in [3.8, 4) is 0 Å². The smallest absolute Gasteiger partial charge is 0.257 e. The van der Waals surface area contributed by atoms with E-state index in [1.54, 1.807) is 6.26 Å². The molecule has 2 aromatic rings. The molecule has 1 saturated heterocycles. The summed E-state index contributed by atoms with van der Waals surface area (Å²) in [5.41, 5.74) is 2.59. The van der Waals surface area contributed by atoms with Gasteiger partial charge in [0.25, 0.3) is 5.91 Å². The Kier molecular flexibility index (Phi) is 3.97. The van der Waals surface area contributed by atoms with Crippen LogP contribution in [0.5, 0.6) is 0 Å². The maximum atomic E-state index is 12.7. The molecule has 0 unspecified atom stereocenters. The number of aliphatic hydroxyl groups excluding tert-OH is 1. The van der Waals surface area contributed by atoms with Crippen molar-refractivity contribution in [1.29, 1.82) is 0 Å². The Morgan fingerprint density at radius 3 is 3.05 bits per heavy atom. The van der Waals surface area contributed by atoms with Crippen molar-refractivity contribution in [2.24, 2.45) is 0 Å². The number of carbonyl (C=O) groups excluding carboxylic acids is 1. The lowest BCUT2D eigenvalue weighted by Gasteiger charge is -2.19. The van der Waals surface area contributed by atoms with Crippen molar-refractivity contribution < 1.29 is 14.3 Å². The molecule has 0 aliphatic carbocycles. The van der Waals surface area contributed by atoms with Crippen LogP contribution < -0.4 is 0 Å². The van der Waals surface area contributed by atoms with Crippen LogP contribution >= 0.6 is 0 Å². The van der Waals surface area contributed by atoms with E-state index in [1.807, 2.05) is 23.1 Å². The minimum atomic E-state index is -0.282. The fourth-order valence-electron chi connectivity index (χ4n) is 2.91. The Morgan fingerprint density at radius 1 is 1.38 bits per heavy atom. The van der Waals surface area contributed by atoms with E-state index in [4.69, 9.17) is 4.42 Å². The second-order valence-electron chi connectivity index (χ2n) is 5.71. The second-order valence-corrected chi connectivity index (χ2v) is 5.71. The van der Waals surface area contributed by atoms with Crippen LogP contribution in [0.3, 0.4) is 0 Å². The fourth-order valence-corrected chi connectivity index (χ4v) is 2.91. The highest BCUT2D eigenvalue weighted by Crippen LogP contribution is 2.25. The van der Waals surface area contributed by atoms with Crippen LogP contribution in [0.1, 0.15) is 42.1 Å². The van der Waals surface area contributed by atoms with Gasteiger partial charge in [0.15, 0.2) is 0 Å². The third-order valence-electron chi connectivity index (χ3n) is 4.26. The Hall–Kier alpha value is -1.81. The first-order valence-corrected chi connectivity index (χ1v) is 7.66. The van der Waals surface area contributed by atoms with Crippen LogP contribution in [-0.2, 0) is 6.42 Å². The number of fused-ring (bicyclic) bond motifs is 1. The summed E-state index contributed by atoms with van der Waals surface area (Å²) in [5, 5.41) is 10.6. The molecule has 1 aliphatic rings. The predicted molar refractivity (Wildman–Crippen MR) is 81.4 cm³/mol. The van der Waals surface area contributed by atoms with Crippen LogP contribution in [0, 0.1) is 0 Å². The van der Waals surface area contributed by atoms with Gasteiger partial charge < -0.3 is 14.4 Å². The van der Waals surface area contributed by atoms with E-state index in [1.165, 1.54) is 5.56 Å². The van der Waals surface area contributed by atoms with E-state index < -0.39 is 0 Å². The zero-order chi connectivity index (χ0) is 14.8. The number of amides is 1. The molecule has 112 valence electrons. The lowest BCUT2D eigenvalue weighted by atomic mass is 10.1. The van der Waals surface area contributed by atoms with E-state index in [0.717, 1.165) is 30.2 Å². The number of furan rings is 1. The molecule has 4 heteroatoms. The summed E-state index contributed by atoms with van der Waals surface area (Å²) in [6.07, 6.45) is 4.49. The number of rotatable bonds is 2. The lowest BCUT2D eigenvalue weighted by molar-refractivity contribution is 0.0754. The molecule has 1 amide bonds. The second kappa shape index (κ2) is 5.90. The molecule has 21 heavy (non-hydrogen) atoms. The molecule has 1 aromatic heterocycles. The van der Waals surface area contributed by atoms with Crippen molar-refractivity contribution >= 4 is 16.9 Å². The number of aryl methyl sites for hydroxylation is 1. The number of aliphatic hydroxyl groups is 1. The maximum Gasteiger partial charge on any atom is 0.257 e. The molecule has 4 nitrogen and oxygen atoms in total. The van der Waals surface area contributed by atoms with Crippen molar-refractivity contribution in [1.82, 2.24) is 4.90 Å². The average molecular weight is 287 g/mol. The van der Waals surface area contributed by atoms with Gasteiger partial charge in [-0.25, -0.2) is 0 Å². The Bertz CT molecular complexity index is 647. The summed E-state index contributed by atoms with van der Waals surface area (Å²) in [6.45, 7) is 3.41. The van der Waals surface area contributed by atoms with Gasteiger partial charge in [-0.1, -0.05) is 13.0 Å². The van der Waals surface area contributed by atoms with Crippen LogP contribution in [0.4, 0.5) is 0 Å². The Labute approximate surface area is 124 Å². The average Bonchev–Trinajstić information content (AvgIpc) is 2.80. The van der Waals surface area contributed by atoms with Gasteiger partial charge in [-0.2, -0.15) is 0 Å². The molecule has 1 aromatic carbocycles. The third kappa shape index (κ3) is 2.81. The first-order chi connectivity index (χ1) is 10.2. The molecule has 1 fully saturated rings. The van der Waals surface area contributed by atoms with Gasteiger partial charge in [0, 0.05) is 18.5 Å². The third-order valence-corrected chi connectivity index (χ3v) is 4.26. The molecule has 3 rings (SSSR count). The molecular weight excluding hydrogens is 266 g/mol. The molecule has 0 radical (unpaired) electrons.